The number of aliphatic hydroxyl groups is 1. The van der Waals surface area contributed by atoms with E-state index in [1.165, 1.54) is 6.07 Å². The second-order valence-corrected chi connectivity index (χ2v) is 4.11. The normalized spacial score (nSPS) is 11.7. The summed E-state index contributed by atoms with van der Waals surface area (Å²) in [7, 11) is 0. The minimum Gasteiger partial charge on any atom is -0.480 e. The molecule has 1 rings (SSSR count). The molecule has 0 aliphatic rings. The van der Waals surface area contributed by atoms with Crippen molar-refractivity contribution in [2.45, 2.75) is 19.4 Å². The van der Waals surface area contributed by atoms with Crippen LogP contribution in [0.2, 0.25) is 5.02 Å². The highest BCUT2D eigenvalue weighted by atomic mass is 35.5. The Hall–Kier alpha value is -1.77. The lowest BCUT2D eigenvalue weighted by molar-refractivity contribution is -0.138. The molecule has 0 amide bonds. The Morgan fingerprint density at radius 1 is 1.61 bits per heavy atom. The van der Waals surface area contributed by atoms with E-state index in [1.54, 1.807) is 13.0 Å². The van der Waals surface area contributed by atoms with E-state index < -0.39 is 12.0 Å². The molecule has 0 unspecified atom stereocenters. The summed E-state index contributed by atoms with van der Waals surface area (Å²) in [6, 6.07) is 2.26. The highest BCUT2D eigenvalue weighted by Crippen LogP contribution is 2.33. The van der Waals surface area contributed by atoms with Crippen LogP contribution in [0, 0.1) is 13.5 Å². The first-order valence-electron chi connectivity index (χ1n) is 5.28. The topological polar surface area (TPSA) is 73.9 Å². The van der Waals surface area contributed by atoms with Gasteiger partial charge in [-0.3, -0.25) is 0 Å². The summed E-state index contributed by atoms with van der Waals surface area (Å²) in [5.74, 6) is -1.05. The van der Waals surface area contributed by atoms with Crippen molar-refractivity contribution in [2.24, 2.45) is 0 Å². The zero-order valence-electron chi connectivity index (χ0n) is 9.77. The second kappa shape index (κ2) is 6.24. The quantitative estimate of drug-likeness (QED) is 0.717. The number of rotatable bonds is 5. The minimum absolute atomic E-state index is 0.0942. The van der Waals surface area contributed by atoms with E-state index >= 15 is 0 Å². The van der Waals surface area contributed by atoms with Crippen LogP contribution in [0.5, 0.6) is 0 Å². The molecular weight excluding hydrogens is 256 g/mol. The van der Waals surface area contributed by atoms with Gasteiger partial charge in [0.2, 0.25) is 5.69 Å². The van der Waals surface area contributed by atoms with E-state index in [2.05, 4.69) is 10.2 Å². The fraction of sp³-hybridized carbons (Fsp3) is 0.333. The fourth-order valence-electron chi connectivity index (χ4n) is 1.49. The molecule has 0 aromatic heterocycles. The molecule has 3 N–H and O–H groups in total. The molecule has 5 nitrogen and oxygen atoms in total. The first-order valence-corrected chi connectivity index (χ1v) is 5.65. The SMILES string of the molecule is [C-]#[N+]c1ccc(N[C@H](CCO)C(=O)O)c(C)c1Cl. The van der Waals surface area contributed by atoms with Gasteiger partial charge in [0.25, 0.3) is 0 Å². The van der Waals surface area contributed by atoms with Gasteiger partial charge in [-0.2, -0.15) is 0 Å². The highest BCUT2D eigenvalue weighted by Gasteiger charge is 2.18. The molecule has 0 bridgehead atoms. The van der Waals surface area contributed by atoms with Gasteiger partial charge < -0.3 is 15.5 Å². The number of anilines is 1. The van der Waals surface area contributed by atoms with E-state index in [-0.39, 0.29) is 13.0 Å². The molecule has 0 saturated heterocycles. The van der Waals surface area contributed by atoms with Crippen molar-refractivity contribution in [3.63, 3.8) is 0 Å². The molecule has 0 fully saturated rings. The van der Waals surface area contributed by atoms with Crippen molar-refractivity contribution in [3.05, 3.63) is 34.1 Å². The Labute approximate surface area is 110 Å². The molecule has 0 saturated carbocycles. The first kappa shape index (κ1) is 14.3. The molecule has 18 heavy (non-hydrogen) atoms. The van der Waals surface area contributed by atoms with Crippen LogP contribution < -0.4 is 5.32 Å². The Kier molecular flexibility index (Phi) is 4.95. The van der Waals surface area contributed by atoms with Crippen molar-refractivity contribution in [3.8, 4) is 0 Å². The average molecular weight is 269 g/mol. The largest absolute Gasteiger partial charge is 0.480 e. The number of aliphatic hydroxyl groups excluding tert-OH is 1. The van der Waals surface area contributed by atoms with Gasteiger partial charge in [-0.25, -0.2) is 9.64 Å². The molecule has 96 valence electrons. The molecule has 0 aliphatic carbocycles. The maximum Gasteiger partial charge on any atom is 0.326 e. The number of carbonyl (C=O) groups is 1. The Morgan fingerprint density at radius 2 is 2.28 bits per heavy atom. The number of halogens is 1. The maximum absolute atomic E-state index is 11.0. The van der Waals surface area contributed by atoms with E-state index in [0.29, 0.717) is 22.0 Å². The number of nitrogens with one attached hydrogen (secondary N) is 1. The lowest BCUT2D eigenvalue weighted by Crippen LogP contribution is -2.30. The molecule has 1 aromatic carbocycles. The monoisotopic (exact) mass is 268 g/mol. The third-order valence-corrected chi connectivity index (χ3v) is 3.01. The number of aliphatic carboxylic acids is 1. The van der Waals surface area contributed by atoms with Crippen molar-refractivity contribution < 1.29 is 15.0 Å². The van der Waals surface area contributed by atoms with Crippen molar-refractivity contribution in [2.75, 3.05) is 11.9 Å². The lowest BCUT2D eigenvalue weighted by atomic mass is 10.1. The van der Waals surface area contributed by atoms with Gasteiger partial charge in [0.1, 0.15) is 6.04 Å². The van der Waals surface area contributed by atoms with Crippen LogP contribution in [0.3, 0.4) is 0 Å². The molecule has 0 spiro atoms. The predicted molar refractivity (Wildman–Crippen MR) is 69.2 cm³/mol. The van der Waals surface area contributed by atoms with Crippen LogP contribution in [0.4, 0.5) is 11.4 Å². The first-order chi connectivity index (χ1) is 8.51. The van der Waals surface area contributed by atoms with Gasteiger partial charge in [-0.15, -0.1) is 0 Å². The molecule has 0 aliphatic heterocycles. The number of carboxylic acid groups (broad SMARTS) is 1. The van der Waals surface area contributed by atoms with Gasteiger partial charge in [-0.1, -0.05) is 17.7 Å². The van der Waals surface area contributed by atoms with Gasteiger partial charge in [0.15, 0.2) is 0 Å². The summed E-state index contributed by atoms with van der Waals surface area (Å²) in [6.07, 6.45) is 0.0942. The predicted octanol–water partition coefficient (Wildman–Crippen LogP) is 2.45. The summed E-state index contributed by atoms with van der Waals surface area (Å²) >= 11 is 5.99. The smallest absolute Gasteiger partial charge is 0.326 e. The van der Waals surface area contributed by atoms with E-state index in [0.717, 1.165) is 0 Å². The number of carboxylic acids is 1. The second-order valence-electron chi connectivity index (χ2n) is 3.73. The van der Waals surface area contributed by atoms with Crippen molar-refractivity contribution in [1.82, 2.24) is 0 Å². The van der Waals surface area contributed by atoms with Gasteiger partial charge in [0.05, 0.1) is 11.6 Å². The zero-order valence-corrected chi connectivity index (χ0v) is 10.5. The van der Waals surface area contributed by atoms with Gasteiger partial charge in [0, 0.05) is 18.7 Å². The summed E-state index contributed by atoms with van der Waals surface area (Å²) in [5, 5.41) is 20.9. The van der Waals surface area contributed by atoms with E-state index in [9.17, 15) is 4.79 Å². The van der Waals surface area contributed by atoms with E-state index in [1.807, 2.05) is 0 Å². The van der Waals surface area contributed by atoms with Crippen molar-refractivity contribution in [1.29, 1.82) is 0 Å². The highest BCUT2D eigenvalue weighted by molar-refractivity contribution is 6.34. The van der Waals surface area contributed by atoms with Crippen molar-refractivity contribution >= 4 is 28.9 Å². The van der Waals surface area contributed by atoms with Gasteiger partial charge >= 0.3 is 5.97 Å². The third-order valence-electron chi connectivity index (χ3n) is 2.53. The van der Waals surface area contributed by atoms with E-state index in [4.69, 9.17) is 28.4 Å². The average Bonchev–Trinajstić information content (AvgIpc) is 2.34. The molecule has 0 heterocycles. The third kappa shape index (κ3) is 3.13. The summed E-state index contributed by atoms with van der Waals surface area (Å²) in [4.78, 5) is 14.2. The van der Waals surface area contributed by atoms with Crippen LogP contribution >= 0.6 is 11.6 Å². The number of benzene rings is 1. The number of nitrogens with zero attached hydrogens (tertiary/aromatic N) is 1. The fourth-order valence-corrected chi connectivity index (χ4v) is 1.69. The van der Waals surface area contributed by atoms with Crippen LogP contribution in [-0.4, -0.2) is 28.8 Å². The summed E-state index contributed by atoms with van der Waals surface area (Å²) in [6.45, 7) is 8.40. The Bertz CT molecular complexity index is 497. The Balaban J connectivity index is 3.01. The number of hydrogen-bond donors (Lipinski definition) is 3. The van der Waals surface area contributed by atoms with Crippen LogP contribution in [0.1, 0.15) is 12.0 Å². The summed E-state index contributed by atoms with van der Waals surface area (Å²) in [5.41, 5.74) is 1.50. The molecule has 1 atom stereocenters. The van der Waals surface area contributed by atoms with Gasteiger partial charge in [-0.05, 0) is 18.6 Å². The zero-order chi connectivity index (χ0) is 13.7. The molecule has 1 aromatic rings. The molecule has 6 heteroatoms. The molecular formula is C12H13ClN2O3. The van der Waals surface area contributed by atoms with Crippen LogP contribution in [-0.2, 0) is 4.79 Å². The summed E-state index contributed by atoms with van der Waals surface area (Å²) < 4.78 is 0. The van der Waals surface area contributed by atoms with Crippen LogP contribution in [0.25, 0.3) is 4.85 Å². The molecule has 0 radical (unpaired) electrons. The number of hydrogen-bond acceptors (Lipinski definition) is 3. The maximum atomic E-state index is 11.0. The van der Waals surface area contributed by atoms with Crippen LogP contribution in [0.15, 0.2) is 12.1 Å². The minimum atomic E-state index is -1.05. The lowest BCUT2D eigenvalue weighted by Gasteiger charge is -2.17. The Morgan fingerprint density at radius 3 is 2.78 bits per heavy atom. The standard InChI is InChI=1S/C12H13ClN2O3/c1-7-8(3-4-9(14-2)11(7)13)15-10(5-6-16)12(17)18/h3-4,10,15-16H,5-6H2,1H3,(H,17,18)/t10-/m1/s1.